The van der Waals surface area contributed by atoms with Crippen LogP contribution < -0.4 is 0 Å². The molecular weight excluding hydrogens is 220 g/mol. The standard InChI is InChI=1S/C13H18S2/c1-2-3-8-14-9-11-10-15-13-7-5-4-6-12(11)13/h4-7,11H,2-3,8-10H2,1H3. The van der Waals surface area contributed by atoms with Crippen LogP contribution in [0.5, 0.6) is 0 Å². The van der Waals surface area contributed by atoms with Gasteiger partial charge in [0.05, 0.1) is 0 Å². The first-order chi connectivity index (χ1) is 7.42. The normalized spacial score (nSPS) is 19.1. The number of hydrogen-bond acceptors (Lipinski definition) is 2. The molecule has 0 aliphatic carbocycles. The second-order valence-electron chi connectivity index (χ2n) is 3.97. The SMILES string of the molecule is CCCCSCC1CSc2ccccc21. The van der Waals surface area contributed by atoms with Crippen LogP contribution in [0.25, 0.3) is 0 Å². The van der Waals surface area contributed by atoms with E-state index in [0.717, 1.165) is 5.92 Å². The van der Waals surface area contributed by atoms with Crippen molar-refractivity contribution in [1.82, 2.24) is 0 Å². The maximum absolute atomic E-state index is 2.31. The minimum absolute atomic E-state index is 0.799. The molecule has 82 valence electrons. The van der Waals surface area contributed by atoms with Gasteiger partial charge < -0.3 is 0 Å². The lowest BCUT2D eigenvalue weighted by Crippen LogP contribution is -2.00. The zero-order valence-electron chi connectivity index (χ0n) is 9.24. The van der Waals surface area contributed by atoms with Gasteiger partial charge in [-0.3, -0.25) is 0 Å². The topological polar surface area (TPSA) is 0 Å². The Morgan fingerprint density at radius 3 is 3.13 bits per heavy atom. The van der Waals surface area contributed by atoms with Crippen molar-refractivity contribution >= 4 is 23.5 Å². The van der Waals surface area contributed by atoms with E-state index in [0.29, 0.717) is 0 Å². The zero-order valence-corrected chi connectivity index (χ0v) is 10.9. The molecule has 0 bridgehead atoms. The number of thioether (sulfide) groups is 2. The van der Waals surface area contributed by atoms with E-state index in [-0.39, 0.29) is 0 Å². The lowest BCUT2D eigenvalue weighted by molar-refractivity contribution is 0.876. The number of unbranched alkanes of at least 4 members (excludes halogenated alkanes) is 1. The lowest BCUT2D eigenvalue weighted by atomic mass is 10.0. The summed E-state index contributed by atoms with van der Waals surface area (Å²) in [6, 6.07) is 8.89. The molecule has 2 rings (SSSR count). The van der Waals surface area contributed by atoms with Crippen LogP contribution in [0.4, 0.5) is 0 Å². The highest BCUT2D eigenvalue weighted by atomic mass is 32.2. The van der Waals surface area contributed by atoms with E-state index in [9.17, 15) is 0 Å². The van der Waals surface area contributed by atoms with Gasteiger partial charge in [-0.2, -0.15) is 11.8 Å². The van der Waals surface area contributed by atoms with Crippen LogP contribution in [0, 0.1) is 0 Å². The molecule has 1 heterocycles. The minimum atomic E-state index is 0.799. The second kappa shape index (κ2) is 5.86. The van der Waals surface area contributed by atoms with Gasteiger partial charge >= 0.3 is 0 Å². The van der Waals surface area contributed by atoms with Crippen molar-refractivity contribution in [1.29, 1.82) is 0 Å². The summed E-state index contributed by atoms with van der Waals surface area (Å²) in [6.07, 6.45) is 2.69. The summed E-state index contributed by atoms with van der Waals surface area (Å²) in [5.41, 5.74) is 1.59. The average molecular weight is 238 g/mol. The van der Waals surface area contributed by atoms with Gasteiger partial charge in [0.2, 0.25) is 0 Å². The van der Waals surface area contributed by atoms with E-state index < -0.39 is 0 Å². The van der Waals surface area contributed by atoms with Gasteiger partial charge in [-0.25, -0.2) is 0 Å². The quantitative estimate of drug-likeness (QED) is 0.697. The number of fused-ring (bicyclic) bond motifs is 1. The fraction of sp³-hybridized carbons (Fsp3) is 0.538. The molecule has 0 saturated carbocycles. The van der Waals surface area contributed by atoms with E-state index in [2.05, 4.69) is 43.0 Å². The molecule has 1 unspecified atom stereocenters. The summed E-state index contributed by atoms with van der Waals surface area (Å²) in [6.45, 7) is 2.27. The predicted octanol–water partition coefficient (Wildman–Crippen LogP) is 4.41. The van der Waals surface area contributed by atoms with Crippen LogP contribution in [-0.4, -0.2) is 17.3 Å². The third kappa shape index (κ3) is 2.94. The van der Waals surface area contributed by atoms with Gasteiger partial charge in [0.15, 0.2) is 0 Å². The van der Waals surface area contributed by atoms with Gasteiger partial charge in [-0.15, -0.1) is 11.8 Å². The van der Waals surface area contributed by atoms with Crippen molar-refractivity contribution in [3.63, 3.8) is 0 Å². The Balaban J connectivity index is 1.85. The summed E-state index contributed by atoms with van der Waals surface area (Å²) in [5, 5.41) is 0. The lowest BCUT2D eigenvalue weighted by Gasteiger charge is -2.09. The Hall–Kier alpha value is -0.0800. The Bertz CT molecular complexity index is 309. The smallest absolute Gasteiger partial charge is 0.0108 e. The van der Waals surface area contributed by atoms with Gasteiger partial charge in [0.25, 0.3) is 0 Å². The van der Waals surface area contributed by atoms with Crippen molar-refractivity contribution in [2.45, 2.75) is 30.6 Å². The molecule has 0 saturated heterocycles. The van der Waals surface area contributed by atoms with Crippen molar-refractivity contribution in [2.75, 3.05) is 17.3 Å². The maximum Gasteiger partial charge on any atom is 0.0108 e. The molecule has 0 fully saturated rings. The molecule has 1 aliphatic heterocycles. The third-order valence-electron chi connectivity index (χ3n) is 2.76. The molecule has 1 aromatic rings. The van der Waals surface area contributed by atoms with E-state index in [1.165, 1.54) is 35.0 Å². The Labute approximate surface area is 101 Å². The summed E-state index contributed by atoms with van der Waals surface area (Å²) in [7, 11) is 0. The van der Waals surface area contributed by atoms with Crippen molar-refractivity contribution in [3.05, 3.63) is 29.8 Å². The zero-order chi connectivity index (χ0) is 10.5. The van der Waals surface area contributed by atoms with Crippen LogP contribution in [0.1, 0.15) is 31.2 Å². The van der Waals surface area contributed by atoms with Crippen LogP contribution in [-0.2, 0) is 0 Å². The molecular formula is C13H18S2. The fourth-order valence-corrected chi connectivity index (χ4v) is 4.48. The molecule has 0 amide bonds. The molecule has 2 heteroatoms. The van der Waals surface area contributed by atoms with Crippen LogP contribution in [0.3, 0.4) is 0 Å². The van der Waals surface area contributed by atoms with E-state index in [1.807, 2.05) is 11.8 Å². The molecule has 1 aromatic carbocycles. The molecule has 0 radical (unpaired) electrons. The molecule has 1 atom stereocenters. The van der Waals surface area contributed by atoms with Crippen molar-refractivity contribution < 1.29 is 0 Å². The minimum Gasteiger partial charge on any atom is -0.161 e. The molecule has 0 aromatic heterocycles. The third-order valence-corrected chi connectivity index (χ3v) is 5.23. The van der Waals surface area contributed by atoms with Crippen LogP contribution in [0.15, 0.2) is 29.2 Å². The molecule has 0 nitrogen and oxygen atoms in total. The molecule has 1 aliphatic rings. The number of hydrogen-bond donors (Lipinski definition) is 0. The monoisotopic (exact) mass is 238 g/mol. The Morgan fingerprint density at radius 1 is 1.40 bits per heavy atom. The highest BCUT2D eigenvalue weighted by molar-refractivity contribution is 8.00. The first-order valence-electron chi connectivity index (χ1n) is 5.71. The van der Waals surface area contributed by atoms with E-state index in [1.54, 1.807) is 5.56 Å². The first-order valence-corrected chi connectivity index (χ1v) is 7.85. The van der Waals surface area contributed by atoms with Gasteiger partial charge in [-0.1, -0.05) is 31.5 Å². The molecule has 15 heavy (non-hydrogen) atoms. The largest absolute Gasteiger partial charge is 0.161 e. The summed E-state index contributed by atoms with van der Waals surface area (Å²) in [5.74, 6) is 4.73. The number of rotatable bonds is 5. The highest BCUT2D eigenvalue weighted by Gasteiger charge is 2.21. The maximum atomic E-state index is 2.31. The number of benzene rings is 1. The van der Waals surface area contributed by atoms with E-state index in [4.69, 9.17) is 0 Å². The highest BCUT2D eigenvalue weighted by Crippen LogP contribution is 2.40. The first kappa shape index (κ1) is 11.4. The van der Waals surface area contributed by atoms with Gasteiger partial charge in [-0.05, 0) is 23.8 Å². The molecule has 0 spiro atoms. The van der Waals surface area contributed by atoms with Crippen LogP contribution >= 0.6 is 23.5 Å². The average Bonchev–Trinajstić information content (AvgIpc) is 2.68. The molecule has 0 N–H and O–H groups in total. The summed E-state index contributed by atoms with van der Waals surface area (Å²) >= 11 is 4.15. The van der Waals surface area contributed by atoms with Crippen LogP contribution in [0.2, 0.25) is 0 Å². The predicted molar refractivity (Wildman–Crippen MR) is 72.1 cm³/mol. The summed E-state index contributed by atoms with van der Waals surface area (Å²) < 4.78 is 0. The second-order valence-corrected chi connectivity index (χ2v) is 6.19. The van der Waals surface area contributed by atoms with Crippen molar-refractivity contribution in [3.8, 4) is 0 Å². The Morgan fingerprint density at radius 2 is 2.27 bits per heavy atom. The van der Waals surface area contributed by atoms with Crippen molar-refractivity contribution in [2.24, 2.45) is 0 Å². The Kier molecular flexibility index (Phi) is 4.45. The summed E-state index contributed by atoms with van der Waals surface area (Å²) in [4.78, 5) is 1.51. The van der Waals surface area contributed by atoms with E-state index >= 15 is 0 Å². The fourth-order valence-electron chi connectivity index (χ4n) is 1.84. The van der Waals surface area contributed by atoms with Gasteiger partial charge in [0.1, 0.15) is 0 Å². The van der Waals surface area contributed by atoms with Gasteiger partial charge in [0, 0.05) is 22.3 Å².